The molecule has 1 amide bonds. The normalized spacial score (nSPS) is 19.8. The molecular formula is C47H53ClN8O8S. The van der Waals surface area contributed by atoms with Crippen molar-refractivity contribution in [3.05, 3.63) is 111 Å². The largest absolute Gasteiger partial charge is 0.489 e. The number of nitro groups is 1. The van der Waals surface area contributed by atoms with Gasteiger partial charge in [0.05, 0.1) is 33.2 Å². The predicted octanol–water partition coefficient (Wildman–Crippen LogP) is 7.45. The molecule has 2 fully saturated rings. The molecule has 4 N–H and O–H groups in total. The first-order chi connectivity index (χ1) is 31.0. The van der Waals surface area contributed by atoms with Gasteiger partial charge in [-0.25, -0.2) is 18.1 Å². The summed E-state index contributed by atoms with van der Waals surface area (Å²) in [6.07, 6.45) is 7.02. The van der Waals surface area contributed by atoms with Gasteiger partial charge in [0.2, 0.25) is 0 Å². The van der Waals surface area contributed by atoms with Crippen molar-refractivity contribution in [1.82, 2.24) is 24.5 Å². The second-order valence-corrected chi connectivity index (χ2v) is 20.8. The number of H-pyrrole nitrogens is 1. The van der Waals surface area contributed by atoms with E-state index < -0.39 is 37.0 Å². The van der Waals surface area contributed by atoms with Crippen LogP contribution in [0.15, 0.2) is 89.6 Å². The number of pyridine rings is 1. The number of allylic oxidation sites excluding steroid dienone is 1. The molecule has 3 aromatic carbocycles. The fourth-order valence-electron chi connectivity index (χ4n) is 9.36. The highest BCUT2D eigenvalue weighted by Crippen LogP contribution is 2.44. The molecule has 0 radical (unpaired) electrons. The second kappa shape index (κ2) is 17.6. The van der Waals surface area contributed by atoms with E-state index >= 15 is 0 Å². The number of likely N-dealkylation sites (tertiary alicyclic amines) is 1. The number of piperazine rings is 1. The predicted molar refractivity (Wildman–Crippen MR) is 250 cm³/mol. The maximum absolute atomic E-state index is 14.0. The number of carbonyl (C=O) groups is 1. The second-order valence-electron chi connectivity index (χ2n) is 18.7. The first kappa shape index (κ1) is 44.5. The molecule has 16 nitrogen and oxygen atoms in total. The third-order valence-electron chi connectivity index (χ3n) is 12.8. The highest BCUT2D eigenvalue weighted by atomic mass is 35.5. The van der Waals surface area contributed by atoms with E-state index in [1.54, 1.807) is 31.3 Å². The van der Waals surface area contributed by atoms with Crippen LogP contribution >= 0.6 is 11.6 Å². The Bertz CT molecular complexity index is 2780. The molecule has 2 aromatic heterocycles. The van der Waals surface area contributed by atoms with Crippen molar-refractivity contribution < 1.29 is 32.7 Å². The minimum Gasteiger partial charge on any atom is -0.489 e. The lowest BCUT2D eigenvalue weighted by Crippen LogP contribution is -2.60. The number of nitrogens with zero attached hydrogens (tertiary/aromatic N) is 5. The molecule has 1 aliphatic carbocycles. The van der Waals surface area contributed by atoms with E-state index in [0.717, 1.165) is 61.1 Å². The van der Waals surface area contributed by atoms with Crippen LogP contribution < -0.4 is 24.4 Å². The lowest BCUT2D eigenvalue weighted by Gasteiger charge is -2.44. The first-order valence-electron chi connectivity index (χ1n) is 21.9. The number of sulfonamides is 1. The van der Waals surface area contributed by atoms with Crippen LogP contribution in [0.1, 0.15) is 62.4 Å². The number of ether oxygens (including phenoxy) is 2. The molecule has 9 rings (SSSR count). The number of β-amino-alcohol motifs (C(OH)–C–C–N with tert-alkyl or cyclic N) is 1. The molecule has 0 spiro atoms. The van der Waals surface area contributed by atoms with Gasteiger partial charge in [-0.1, -0.05) is 43.2 Å². The van der Waals surface area contributed by atoms with E-state index in [1.807, 2.05) is 18.2 Å². The third kappa shape index (κ3) is 9.94. The summed E-state index contributed by atoms with van der Waals surface area (Å²) in [4.78, 5) is 39.4. The van der Waals surface area contributed by atoms with Crippen molar-refractivity contribution in [3.8, 4) is 17.2 Å². The zero-order chi connectivity index (χ0) is 45.7. The van der Waals surface area contributed by atoms with Gasteiger partial charge in [-0.2, -0.15) is 0 Å². The number of nitro benzene ring substituents is 1. The van der Waals surface area contributed by atoms with Crippen molar-refractivity contribution in [2.24, 2.45) is 5.41 Å². The zero-order valence-corrected chi connectivity index (χ0v) is 38.2. The number of rotatable bonds is 13. The van der Waals surface area contributed by atoms with Gasteiger partial charge in [-0.15, -0.1) is 0 Å². The zero-order valence-electron chi connectivity index (χ0n) is 36.6. The van der Waals surface area contributed by atoms with Crippen LogP contribution in [0.4, 0.5) is 17.1 Å². The van der Waals surface area contributed by atoms with Crippen LogP contribution in [0.3, 0.4) is 0 Å². The van der Waals surface area contributed by atoms with Gasteiger partial charge >= 0.3 is 0 Å². The molecule has 4 aliphatic rings. The molecule has 5 aromatic rings. The summed E-state index contributed by atoms with van der Waals surface area (Å²) in [5.74, 6) is -0.565. The number of benzene rings is 3. The van der Waals surface area contributed by atoms with Crippen LogP contribution in [0, 0.1) is 15.5 Å². The van der Waals surface area contributed by atoms with Gasteiger partial charge in [0.15, 0.2) is 11.4 Å². The Morgan fingerprint density at radius 2 is 1.82 bits per heavy atom. The van der Waals surface area contributed by atoms with Crippen LogP contribution in [0.5, 0.6) is 17.2 Å². The van der Waals surface area contributed by atoms with Crippen molar-refractivity contribution >= 4 is 61.2 Å². The van der Waals surface area contributed by atoms with E-state index in [0.29, 0.717) is 50.5 Å². The number of aromatic amines is 1. The highest BCUT2D eigenvalue weighted by molar-refractivity contribution is 7.90. The summed E-state index contributed by atoms with van der Waals surface area (Å²) in [6, 6.07) is 18.6. The van der Waals surface area contributed by atoms with Gasteiger partial charge in [-0.3, -0.25) is 24.7 Å². The molecule has 0 saturated carbocycles. The number of fused-ring (bicyclic) bond motifs is 2. The summed E-state index contributed by atoms with van der Waals surface area (Å²) in [7, 11) is -4.67. The Morgan fingerprint density at radius 1 is 1.05 bits per heavy atom. The summed E-state index contributed by atoms with van der Waals surface area (Å²) < 4.78 is 42.1. The molecule has 18 heteroatoms. The Balaban J connectivity index is 0.926. The molecule has 0 bridgehead atoms. The Labute approximate surface area is 382 Å². The molecular weight excluding hydrogens is 872 g/mol. The molecule has 1 atom stereocenters. The van der Waals surface area contributed by atoms with Crippen LogP contribution in [-0.4, -0.2) is 115 Å². The number of anilines is 2. The van der Waals surface area contributed by atoms with Crippen LogP contribution in [0.25, 0.3) is 16.6 Å². The minimum absolute atomic E-state index is 0.0160. The van der Waals surface area contributed by atoms with Crippen molar-refractivity contribution in [1.29, 1.82) is 0 Å². The molecule has 0 unspecified atom stereocenters. The fourth-order valence-corrected chi connectivity index (χ4v) is 10.5. The number of halogens is 1. The number of carbonyl (C=O) groups excluding carboxylic acids is 1. The van der Waals surface area contributed by atoms with Crippen molar-refractivity contribution in [2.75, 3.05) is 69.2 Å². The number of amides is 1. The first-order valence-corrected chi connectivity index (χ1v) is 23.8. The fraction of sp³-hybridized carbons (Fsp3) is 0.404. The van der Waals surface area contributed by atoms with Crippen molar-refractivity contribution in [2.45, 2.75) is 63.0 Å². The molecule has 2 saturated heterocycles. The van der Waals surface area contributed by atoms with E-state index in [-0.39, 0.29) is 40.8 Å². The summed E-state index contributed by atoms with van der Waals surface area (Å²) in [5, 5.41) is 27.0. The summed E-state index contributed by atoms with van der Waals surface area (Å²) in [6.45, 7) is 12.2. The number of aliphatic hydroxyl groups is 1. The van der Waals surface area contributed by atoms with Gasteiger partial charge in [0, 0.05) is 92.9 Å². The Kier molecular flexibility index (Phi) is 12.0. The smallest absolute Gasteiger partial charge is 0.297 e. The average molecular weight is 926 g/mol. The van der Waals surface area contributed by atoms with E-state index in [1.165, 1.54) is 35.0 Å². The number of hydrogen-bond acceptors (Lipinski definition) is 13. The summed E-state index contributed by atoms with van der Waals surface area (Å²) in [5.41, 5.74) is 4.51. The van der Waals surface area contributed by atoms with Crippen LogP contribution in [-0.2, 0) is 10.0 Å². The minimum atomic E-state index is -4.67. The molecule has 342 valence electrons. The number of aromatic nitrogens is 2. The molecule has 3 aliphatic heterocycles. The number of nitrogens with one attached hydrogen (secondary N) is 3. The van der Waals surface area contributed by atoms with Crippen molar-refractivity contribution in [3.63, 3.8) is 0 Å². The third-order valence-corrected chi connectivity index (χ3v) is 14.4. The van der Waals surface area contributed by atoms with Gasteiger partial charge in [0.25, 0.3) is 21.6 Å². The monoisotopic (exact) mass is 924 g/mol. The van der Waals surface area contributed by atoms with E-state index in [9.17, 15) is 28.4 Å². The quantitative estimate of drug-likeness (QED) is 0.0672. The lowest BCUT2D eigenvalue weighted by molar-refractivity contribution is -0.384. The topological polar surface area (TPSA) is 195 Å². The molecule has 5 heterocycles. The lowest BCUT2D eigenvalue weighted by atomic mass is 9.72. The van der Waals surface area contributed by atoms with Gasteiger partial charge in [-0.05, 0) is 85.6 Å². The SMILES string of the molecule is CC1(C)CCC(CN2CCN(c3ccc(C(=O)NS(=O)(=O)c4cc5c(c([N+](=O)[O-])c4)N[C@@H](CCN4CC(C)(O)C4)CO5)c(Oc4cnc5[nH]ccc5c4)c3)CC2)=C(c2ccc(Cl)cc2)C1. The highest BCUT2D eigenvalue weighted by Gasteiger charge is 2.38. The average Bonchev–Trinajstić information content (AvgIpc) is 3.73. The summed E-state index contributed by atoms with van der Waals surface area (Å²) >= 11 is 6.25. The Morgan fingerprint density at radius 3 is 2.55 bits per heavy atom. The maximum atomic E-state index is 14.0. The van der Waals surface area contributed by atoms with Gasteiger partial charge < -0.3 is 29.8 Å². The van der Waals surface area contributed by atoms with Gasteiger partial charge in [0.1, 0.15) is 23.8 Å². The molecule has 65 heavy (non-hydrogen) atoms. The maximum Gasteiger partial charge on any atom is 0.297 e. The standard InChI is InChI=1S/C47H53ClN8O8S/c1-46(2)13-10-32(39(24-46)30-4-6-33(48)7-5-30)26-53-16-18-55(19-17-53)35-8-9-38(41(21-35)64-36-20-31-11-14-49-44(31)50-25-36)45(57)52-65(61,62)37-22-40(56(59)60)43-42(23-37)63-27-34(51-43)12-15-54-28-47(3,58)29-54/h4-9,11,14,20-23,25,34,51,58H,10,12-13,15-19,24,26-29H2,1-3H3,(H,49,50)(H,52,57)/t34-/m0/s1. The Hall–Kier alpha value is -5.72. The van der Waals surface area contributed by atoms with E-state index in [4.69, 9.17) is 21.1 Å². The van der Waals surface area contributed by atoms with E-state index in [2.05, 4.69) is 60.7 Å². The number of hydrogen-bond donors (Lipinski definition) is 4. The van der Waals surface area contributed by atoms with Crippen LogP contribution in [0.2, 0.25) is 5.02 Å².